The van der Waals surface area contributed by atoms with Crippen LogP contribution in [0.3, 0.4) is 0 Å². The van der Waals surface area contributed by atoms with E-state index in [-0.39, 0.29) is 5.91 Å². The average Bonchev–Trinajstić information content (AvgIpc) is 2.93. The van der Waals surface area contributed by atoms with Crippen molar-refractivity contribution < 1.29 is 4.79 Å². The number of benzene rings is 1. The highest BCUT2D eigenvalue weighted by Crippen LogP contribution is 2.27. The normalized spacial score (nSPS) is 10.5. The van der Waals surface area contributed by atoms with E-state index in [1.165, 1.54) is 28.7 Å². The first-order chi connectivity index (χ1) is 9.71. The Morgan fingerprint density at radius 2 is 2.15 bits per heavy atom. The molecule has 2 aromatic rings. The molecule has 1 N–H and O–H groups in total. The number of carbonyl (C=O) groups is 1. The molecule has 106 valence electrons. The summed E-state index contributed by atoms with van der Waals surface area (Å²) >= 11 is 4.49. The third-order valence-corrected chi connectivity index (χ3v) is 5.54. The Bertz CT molecular complexity index is 586. The Kier molecular flexibility index (Phi) is 5.87. The number of aromatic nitrogens is 2. The molecular formula is C13H15N3OS3. The van der Waals surface area contributed by atoms with Crippen LogP contribution in [0.1, 0.15) is 12.5 Å². The van der Waals surface area contributed by atoms with Gasteiger partial charge in [0.2, 0.25) is 5.91 Å². The fourth-order valence-corrected chi connectivity index (χ4v) is 3.77. The van der Waals surface area contributed by atoms with E-state index in [0.29, 0.717) is 5.75 Å². The van der Waals surface area contributed by atoms with Crippen LogP contribution in [0.4, 0.5) is 5.69 Å². The van der Waals surface area contributed by atoms with Gasteiger partial charge in [0, 0.05) is 5.69 Å². The first kappa shape index (κ1) is 15.3. The lowest BCUT2D eigenvalue weighted by molar-refractivity contribution is -0.113. The zero-order valence-corrected chi connectivity index (χ0v) is 13.7. The van der Waals surface area contributed by atoms with Crippen molar-refractivity contribution in [1.29, 1.82) is 0 Å². The fraction of sp³-hybridized carbons (Fsp3) is 0.308. The summed E-state index contributed by atoms with van der Waals surface area (Å²) < 4.78 is 1.75. The number of anilines is 1. The maximum Gasteiger partial charge on any atom is 0.234 e. The second-order valence-electron chi connectivity index (χ2n) is 3.93. The van der Waals surface area contributed by atoms with Gasteiger partial charge < -0.3 is 5.32 Å². The number of rotatable bonds is 6. The van der Waals surface area contributed by atoms with E-state index in [9.17, 15) is 4.79 Å². The molecule has 0 aliphatic carbocycles. The second kappa shape index (κ2) is 7.66. The molecule has 1 heterocycles. The summed E-state index contributed by atoms with van der Waals surface area (Å²) in [6.45, 7) is 2.09. The Balaban J connectivity index is 1.85. The third kappa shape index (κ3) is 4.50. The summed E-state index contributed by atoms with van der Waals surface area (Å²) in [5.74, 6) is 0.323. The predicted octanol–water partition coefficient (Wildman–Crippen LogP) is 3.55. The topological polar surface area (TPSA) is 54.9 Å². The Morgan fingerprint density at radius 1 is 1.35 bits per heavy atom. The molecule has 20 heavy (non-hydrogen) atoms. The number of nitrogens with one attached hydrogen (secondary N) is 1. The van der Waals surface area contributed by atoms with Gasteiger partial charge in [-0.05, 0) is 30.4 Å². The highest BCUT2D eigenvalue weighted by Gasteiger charge is 2.08. The van der Waals surface area contributed by atoms with Crippen LogP contribution < -0.4 is 5.32 Å². The zero-order valence-electron chi connectivity index (χ0n) is 11.3. The molecule has 0 saturated carbocycles. The number of aryl methyl sites for hydroxylation is 1. The summed E-state index contributed by atoms with van der Waals surface area (Å²) in [5, 5.41) is 10.9. The molecule has 0 aliphatic heterocycles. The van der Waals surface area contributed by atoms with Gasteiger partial charge in [-0.25, -0.2) is 0 Å². The van der Waals surface area contributed by atoms with Gasteiger partial charge in [-0.15, -0.1) is 10.2 Å². The molecule has 0 saturated heterocycles. The van der Waals surface area contributed by atoms with Crippen molar-refractivity contribution in [2.24, 2.45) is 0 Å². The van der Waals surface area contributed by atoms with Crippen LogP contribution in [0.2, 0.25) is 0 Å². The van der Waals surface area contributed by atoms with E-state index < -0.39 is 0 Å². The molecule has 1 aromatic carbocycles. The maximum atomic E-state index is 11.9. The largest absolute Gasteiger partial charge is 0.325 e. The standard InChI is InChI=1S/C13H15N3OS3/c1-3-9-5-4-6-10(7-9)14-11(17)8-19-13-16-15-12(18-2)20-13/h4-7H,3,8H2,1-2H3,(H,14,17). The number of carbonyl (C=O) groups excluding carboxylic acids is 1. The average molecular weight is 325 g/mol. The van der Waals surface area contributed by atoms with Crippen molar-refractivity contribution in [3.05, 3.63) is 29.8 Å². The maximum absolute atomic E-state index is 11.9. The smallest absolute Gasteiger partial charge is 0.234 e. The van der Waals surface area contributed by atoms with Crippen molar-refractivity contribution in [2.75, 3.05) is 17.3 Å². The van der Waals surface area contributed by atoms with E-state index in [4.69, 9.17) is 0 Å². The molecule has 0 spiro atoms. The molecule has 4 nitrogen and oxygen atoms in total. The summed E-state index contributed by atoms with van der Waals surface area (Å²) in [5.41, 5.74) is 2.06. The number of hydrogen-bond donors (Lipinski definition) is 1. The lowest BCUT2D eigenvalue weighted by Crippen LogP contribution is -2.14. The first-order valence-electron chi connectivity index (χ1n) is 6.10. The molecule has 1 aromatic heterocycles. The molecule has 7 heteroatoms. The number of thioether (sulfide) groups is 2. The minimum atomic E-state index is -0.0239. The lowest BCUT2D eigenvalue weighted by atomic mass is 10.1. The van der Waals surface area contributed by atoms with Crippen molar-refractivity contribution in [3.8, 4) is 0 Å². The van der Waals surface area contributed by atoms with Crippen LogP contribution in [0.5, 0.6) is 0 Å². The minimum Gasteiger partial charge on any atom is -0.325 e. The number of nitrogens with zero attached hydrogens (tertiary/aromatic N) is 2. The van der Waals surface area contributed by atoms with Crippen LogP contribution in [-0.4, -0.2) is 28.1 Å². The Hall–Kier alpha value is -1.05. The highest BCUT2D eigenvalue weighted by molar-refractivity contribution is 8.03. The van der Waals surface area contributed by atoms with E-state index in [0.717, 1.165) is 20.8 Å². The summed E-state index contributed by atoms with van der Waals surface area (Å²) in [6, 6.07) is 7.91. The van der Waals surface area contributed by atoms with Gasteiger partial charge in [0.15, 0.2) is 8.68 Å². The van der Waals surface area contributed by atoms with Crippen LogP contribution in [0.25, 0.3) is 0 Å². The van der Waals surface area contributed by atoms with Crippen molar-refractivity contribution >= 4 is 46.5 Å². The van der Waals surface area contributed by atoms with E-state index in [2.05, 4.69) is 28.5 Å². The molecule has 0 fully saturated rings. The van der Waals surface area contributed by atoms with E-state index in [1.807, 2.05) is 24.5 Å². The van der Waals surface area contributed by atoms with Crippen LogP contribution in [-0.2, 0) is 11.2 Å². The van der Waals surface area contributed by atoms with Gasteiger partial charge in [-0.3, -0.25) is 4.79 Å². The molecule has 0 radical (unpaired) electrons. The van der Waals surface area contributed by atoms with Crippen LogP contribution in [0, 0.1) is 0 Å². The van der Waals surface area contributed by atoms with Gasteiger partial charge in [-0.1, -0.05) is 53.9 Å². The van der Waals surface area contributed by atoms with Crippen molar-refractivity contribution in [1.82, 2.24) is 10.2 Å². The number of amides is 1. The summed E-state index contributed by atoms with van der Waals surface area (Å²) in [4.78, 5) is 11.9. The highest BCUT2D eigenvalue weighted by atomic mass is 32.2. The van der Waals surface area contributed by atoms with Gasteiger partial charge in [0.25, 0.3) is 0 Å². The van der Waals surface area contributed by atoms with Gasteiger partial charge in [-0.2, -0.15) is 0 Å². The third-order valence-electron chi connectivity index (χ3n) is 2.51. The SMILES string of the molecule is CCc1cccc(NC(=O)CSc2nnc(SC)s2)c1. The molecule has 2 rings (SSSR count). The molecule has 0 unspecified atom stereocenters. The Labute approximate surface area is 130 Å². The first-order valence-corrected chi connectivity index (χ1v) is 9.13. The van der Waals surface area contributed by atoms with E-state index in [1.54, 1.807) is 11.8 Å². The number of hydrogen-bond acceptors (Lipinski definition) is 6. The fourth-order valence-electron chi connectivity index (χ4n) is 1.53. The molecule has 0 aliphatic rings. The van der Waals surface area contributed by atoms with Crippen molar-refractivity contribution in [2.45, 2.75) is 22.0 Å². The molecular weight excluding hydrogens is 310 g/mol. The zero-order chi connectivity index (χ0) is 14.4. The monoisotopic (exact) mass is 325 g/mol. The molecule has 0 bridgehead atoms. The predicted molar refractivity (Wildman–Crippen MR) is 86.9 cm³/mol. The van der Waals surface area contributed by atoms with Gasteiger partial charge in [0.1, 0.15) is 0 Å². The summed E-state index contributed by atoms with van der Waals surface area (Å²) in [7, 11) is 0. The van der Waals surface area contributed by atoms with Crippen LogP contribution >= 0.6 is 34.9 Å². The quantitative estimate of drug-likeness (QED) is 0.823. The molecule has 1 amide bonds. The van der Waals surface area contributed by atoms with Crippen LogP contribution in [0.15, 0.2) is 32.9 Å². The lowest BCUT2D eigenvalue weighted by Gasteiger charge is -2.05. The molecule has 0 atom stereocenters. The van der Waals surface area contributed by atoms with Gasteiger partial charge in [0.05, 0.1) is 5.75 Å². The van der Waals surface area contributed by atoms with Crippen molar-refractivity contribution in [3.63, 3.8) is 0 Å². The van der Waals surface area contributed by atoms with Gasteiger partial charge >= 0.3 is 0 Å². The van der Waals surface area contributed by atoms with E-state index >= 15 is 0 Å². The second-order valence-corrected chi connectivity index (χ2v) is 7.18. The minimum absolute atomic E-state index is 0.0239. The summed E-state index contributed by atoms with van der Waals surface area (Å²) in [6.07, 6.45) is 2.92. The Morgan fingerprint density at radius 3 is 2.85 bits per heavy atom.